The number of carbonyl (C=O) groups excluding carboxylic acids is 2. The van der Waals surface area contributed by atoms with Gasteiger partial charge in [-0.05, 0) is 42.7 Å². The van der Waals surface area contributed by atoms with Gasteiger partial charge in [-0.2, -0.15) is 0 Å². The Bertz CT molecular complexity index is 946. The van der Waals surface area contributed by atoms with E-state index in [1.165, 1.54) is 6.07 Å². The highest BCUT2D eigenvalue weighted by atomic mass is 16.6. The topological polar surface area (TPSA) is 111 Å². The monoisotopic (exact) mass is 413 g/mol. The van der Waals surface area contributed by atoms with Crippen LogP contribution in [0, 0.1) is 10.1 Å². The molecule has 3 rings (SSSR count). The molecule has 2 aromatic carbocycles. The fraction of sp³-hybridized carbons (Fsp3) is 0.333. The zero-order valence-electron chi connectivity index (χ0n) is 16.6. The van der Waals surface area contributed by atoms with Gasteiger partial charge in [0.2, 0.25) is 0 Å². The molecule has 9 nitrogen and oxygen atoms in total. The molecule has 9 heteroatoms. The molecule has 1 aliphatic rings. The average molecular weight is 413 g/mol. The maximum atomic E-state index is 12.6. The van der Waals surface area contributed by atoms with Crippen molar-refractivity contribution in [1.29, 1.82) is 0 Å². The van der Waals surface area contributed by atoms with Gasteiger partial charge in [0.15, 0.2) is 6.61 Å². The lowest BCUT2D eigenvalue weighted by atomic mass is 10.0. The summed E-state index contributed by atoms with van der Waals surface area (Å²) in [7, 11) is 1.60. The van der Waals surface area contributed by atoms with Crippen molar-refractivity contribution < 1.29 is 24.0 Å². The number of hydrogen-bond donors (Lipinski definition) is 1. The zero-order valence-corrected chi connectivity index (χ0v) is 16.6. The van der Waals surface area contributed by atoms with Crippen molar-refractivity contribution in [3.63, 3.8) is 0 Å². The second-order valence-electron chi connectivity index (χ2n) is 6.76. The molecule has 0 aromatic heterocycles. The minimum Gasteiger partial charge on any atom is -0.497 e. The summed E-state index contributed by atoms with van der Waals surface area (Å²) in [5, 5.41) is 13.8. The predicted octanol–water partition coefficient (Wildman–Crippen LogP) is 2.93. The number of fused-ring (bicyclic) bond motifs is 1. The van der Waals surface area contributed by atoms with Crippen LogP contribution in [0.2, 0.25) is 0 Å². The Morgan fingerprint density at radius 1 is 1.23 bits per heavy atom. The minimum absolute atomic E-state index is 0.0207. The number of para-hydroxylation sites is 2. The molecule has 0 atom stereocenters. The largest absolute Gasteiger partial charge is 0.497 e. The number of hydrogen-bond acceptors (Lipinski definition) is 7. The van der Waals surface area contributed by atoms with Gasteiger partial charge in [0, 0.05) is 24.8 Å². The molecule has 0 saturated heterocycles. The summed E-state index contributed by atoms with van der Waals surface area (Å²) in [6.45, 7) is 0.370. The Hall–Kier alpha value is -3.62. The average Bonchev–Trinajstić information content (AvgIpc) is 2.76. The van der Waals surface area contributed by atoms with Gasteiger partial charge in [-0.25, -0.2) is 0 Å². The first-order chi connectivity index (χ1) is 14.5. The van der Waals surface area contributed by atoms with Gasteiger partial charge in [-0.1, -0.05) is 12.1 Å². The lowest BCUT2D eigenvalue weighted by Crippen LogP contribution is -2.38. The Morgan fingerprint density at radius 2 is 2.03 bits per heavy atom. The van der Waals surface area contributed by atoms with Crippen molar-refractivity contribution in [2.24, 2.45) is 0 Å². The highest BCUT2D eigenvalue weighted by Gasteiger charge is 2.24. The highest BCUT2D eigenvalue weighted by molar-refractivity contribution is 5.96. The summed E-state index contributed by atoms with van der Waals surface area (Å²) < 4.78 is 10.3. The normalized spacial score (nSPS) is 12.6. The van der Waals surface area contributed by atoms with E-state index in [9.17, 15) is 19.7 Å². The number of nitrogens with one attached hydrogen (secondary N) is 1. The van der Waals surface area contributed by atoms with Crippen LogP contribution in [-0.2, 0) is 20.7 Å². The predicted molar refractivity (Wildman–Crippen MR) is 111 cm³/mol. The van der Waals surface area contributed by atoms with Crippen molar-refractivity contribution in [1.82, 2.24) is 0 Å². The molecule has 1 amide bonds. The van der Waals surface area contributed by atoms with Gasteiger partial charge in [-0.15, -0.1) is 0 Å². The minimum atomic E-state index is -0.554. The molecule has 30 heavy (non-hydrogen) atoms. The Kier molecular flexibility index (Phi) is 6.84. The fourth-order valence-corrected chi connectivity index (χ4v) is 3.33. The van der Waals surface area contributed by atoms with Crippen LogP contribution in [0.5, 0.6) is 5.75 Å². The van der Waals surface area contributed by atoms with E-state index >= 15 is 0 Å². The molecular formula is C21H23N3O6. The molecule has 2 aromatic rings. The molecule has 0 aliphatic carbocycles. The maximum absolute atomic E-state index is 12.6. The number of nitro groups is 1. The van der Waals surface area contributed by atoms with Crippen LogP contribution in [0.15, 0.2) is 42.5 Å². The zero-order chi connectivity index (χ0) is 21.5. The molecule has 0 fully saturated rings. The van der Waals surface area contributed by atoms with E-state index < -0.39 is 10.9 Å². The van der Waals surface area contributed by atoms with Crippen LogP contribution in [0.3, 0.4) is 0 Å². The summed E-state index contributed by atoms with van der Waals surface area (Å²) in [4.78, 5) is 36.7. The first kappa shape index (κ1) is 21.1. The summed E-state index contributed by atoms with van der Waals surface area (Å²) in [5.41, 5.74) is 2.09. The van der Waals surface area contributed by atoms with E-state index in [-0.39, 0.29) is 31.2 Å². The molecule has 0 radical (unpaired) electrons. The van der Waals surface area contributed by atoms with Gasteiger partial charge in [0.25, 0.3) is 11.6 Å². The molecule has 158 valence electrons. The molecular weight excluding hydrogens is 390 g/mol. The number of benzene rings is 2. The van der Waals surface area contributed by atoms with E-state index in [1.54, 1.807) is 36.3 Å². The van der Waals surface area contributed by atoms with Gasteiger partial charge >= 0.3 is 5.97 Å². The van der Waals surface area contributed by atoms with Crippen molar-refractivity contribution >= 4 is 28.9 Å². The molecule has 0 unspecified atom stereocenters. The SMILES string of the molecule is COc1ccc2c(c1)CCCN2C(=O)COC(=O)CCNc1ccccc1[N+](=O)[O-]. The number of ether oxygens (including phenoxy) is 2. The first-order valence-corrected chi connectivity index (χ1v) is 9.60. The van der Waals surface area contributed by atoms with Crippen LogP contribution >= 0.6 is 0 Å². The smallest absolute Gasteiger partial charge is 0.308 e. The maximum Gasteiger partial charge on any atom is 0.308 e. The number of aryl methyl sites for hydroxylation is 1. The van der Waals surface area contributed by atoms with E-state index in [1.807, 2.05) is 12.1 Å². The quantitative estimate of drug-likeness (QED) is 0.402. The number of anilines is 2. The van der Waals surface area contributed by atoms with Gasteiger partial charge in [0.1, 0.15) is 11.4 Å². The fourth-order valence-electron chi connectivity index (χ4n) is 3.33. The number of carbonyl (C=O) groups is 2. The Labute approximate surface area is 173 Å². The van der Waals surface area contributed by atoms with Gasteiger partial charge in [-0.3, -0.25) is 19.7 Å². The number of rotatable bonds is 8. The second-order valence-corrected chi connectivity index (χ2v) is 6.76. The molecule has 1 aliphatic heterocycles. The van der Waals surface area contributed by atoms with E-state index in [4.69, 9.17) is 9.47 Å². The number of esters is 1. The third kappa shape index (κ3) is 5.05. The van der Waals surface area contributed by atoms with E-state index in [0.717, 1.165) is 29.8 Å². The third-order valence-corrected chi connectivity index (χ3v) is 4.81. The first-order valence-electron chi connectivity index (χ1n) is 9.60. The van der Waals surface area contributed by atoms with E-state index in [2.05, 4.69) is 5.32 Å². The van der Waals surface area contributed by atoms with Crippen molar-refractivity contribution in [2.75, 3.05) is 37.0 Å². The van der Waals surface area contributed by atoms with Crippen LogP contribution < -0.4 is 15.0 Å². The van der Waals surface area contributed by atoms with E-state index in [0.29, 0.717) is 12.2 Å². The molecule has 0 saturated carbocycles. The lowest BCUT2D eigenvalue weighted by Gasteiger charge is -2.29. The van der Waals surface area contributed by atoms with Crippen LogP contribution in [-0.4, -0.2) is 43.6 Å². The summed E-state index contributed by atoms with van der Waals surface area (Å²) in [5.74, 6) is -0.108. The molecule has 0 bridgehead atoms. The van der Waals surface area contributed by atoms with Crippen molar-refractivity contribution in [3.8, 4) is 5.75 Å². The Morgan fingerprint density at radius 3 is 2.80 bits per heavy atom. The molecule has 1 heterocycles. The van der Waals surface area contributed by atoms with Gasteiger partial charge < -0.3 is 19.7 Å². The van der Waals surface area contributed by atoms with Crippen LogP contribution in [0.4, 0.5) is 17.1 Å². The molecule has 0 spiro atoms. The van der Waals surface area contributed by atoms with Crippen molar-refractivity contribution in [3.05, 3.63) is 58.1 Å². The van der Waals surface area contributed by atoms with Crippen molar-refractivity contribution in [2.45, 2.75) is 19.3 Å². The van der Waals surface area contributed by atoms with Gasteiger partial charge in [0.05, 0.1) is 18.5 Å². The highest BCUT2D eigenvalue weighted by Crippen LogP contribution is 2.30. The summed E-state index contributed by atoms with van der Waals surface area (Å²) in [6, 6.07) is 11.7. The standard InChI is InChI=1S/C21H23N3O6/c1-29-16-8-9-18-15(13-16)5-4-12-23(18)20(25)14-30-21(26)10-11-22-17-6-2-3-7-19(17)24(27)28/h2-3,6-9,13,22H,4-5,10-12,14H2,1H3. The summed E-state index contributed by atoms with van der Waals surface area (Å²) >= 11 is 0. The number of methoxy groups -OCH3 is 1. The number of nitrogens with zero attached hydrogens (tertiary/aromatic N) is 2. The second kappa shape index (κ2) is 9.73. The Balaban J connectivity index is 1.49. The lowest BCUT2D eigenvalue weighted by molar-refractivity contribution is -0.384. The number of amides is 1. The molecule has 1 N–H and O–H groups in total. The number of nitro benzene ring substituents is 1. The van der Waals surface area contributed by atoms with Crippen LogP contribution in [0.1, 0.15) is 18.4 Å². The van der Waals surface area contributed by atoms with Crippen LogP contribution in [0.25, 0.3) is 0 Å². The third-order valence-electron chi connectivity index (χ3n) is 4.81. The summed E-state index contributed by atoms with van der Waals surface area (Å²) in [6.07, 6.45) is 1.65.